The predicted molar refractivity (Wildman–Crippen MR) is 92.5 cm³/mol. The van der Waals surface area contributed by atoms with Crippen molar-refractivity contribution >= 4 is 49.9 Å². The summed E-state index contributed by atoms with van der Waals surface area (Å²) in [4.78, 5) is 12.2. The summed E-state index contributed by atoms with van der Waals surface area (Å²) in [5.74, 6) is 0.747. The largest absolute Gasteiger partial charge is 0.490 e. The van der Waals surface area contributed by atoms with Crippen LogP contribution in [0, 0.1) is 0 Å². The van der Waals surface area contributed by atoms with Crippen LogP contribution < -0.4 is 4.74 Å². The van der Waals surface area contributed by atoms with Crippen LogP contribution in [0.25, 0.3) is 0 Å². The molecule has 0 bridgehead atoms. The van der Waals surface area contributed by atoms with Gasteiger partial charge in [-0.3, -0.25) is 4.79 Å². The minimum absolute atomic E-state index is 0.423. The predicted octanol–water partition coefficient (Wildman–Crippen LogP) is 5.12. The fourth-order valence-corrected chi connectivity index (χ4v) is 4.98. The minimum atomic E-state index is 0.423. The Morgan fingerprint density at radius 2 is 1.95 bits per heavy atom. The summed E-state index contributed by atoms with van der Waals surface area (Å²) >= 11 is 8.77. The molecule has 0 saturated carbocycles. The molecule has 5 heteroatoms. The number of aldehydes is 1. The Kier molecular flexibility index (Phi) is 4.72. The van der Waals surface area contributed by atoms with Gasteiger partial charge in [-0.25, -0.2) is 0 Å². The van der Waals surface area contributed by atoms with Crippen molar-refractivity contribution in [2.24, 2.45) is 0 Å². The molecule has 2 nitrogen and oxygen atoms in total. The Hall–Kier alpha value is -0.780. The maximum Gasteiger partial charge on any atom is 0.150 e. The topological polar surface area (TPSA) is 26.3 Å². The van der Waals surface area contributed by atoms with E-state index in [0.29, 0.717) is 17.4 Å². The Morgan fingerprint density at radius 1 is 1.24 bits per heavy atom. The molecule has 0 saturated heterocycles. The molecule has 1 heterocycles. The molecule has 0 radical (unpaired) electrons. The first-order valence-corrected chi connectivity index (χ1v) is 8.95. The van der Waals surface area contributed by atoms with Crippen molar-refractivity contribution in [2.45, 2.75) is 16.6 Å². The normalized spacial score (nSPS) is 16.6. The van der Waals surface area contributed by atoms with E-state index >= 15 is 0 Å². The molecule has 21 heavy (non-hydrogen) atoms. The van der Waals surface area contributed by atoms with Crippen LogP contribution in [-0.4, -0.2) is 18.1 Å². The van der Waals surface area contributed by atoms with Crippen LogP contribution in [0.4, 0.5) is 0 Å². The highest BCUT2D eigenvalue weighted by Crippen LogP contribution is 2.39. The number of rotatable bonds is 4. The molecule has 108 valence electrons. The lowest BCUT2D eigenvalue weighted by molar-refractivity contribution is 0.112. The molecular weight excluding hydrogens is 416 g/mol. The standard InChI is InChI=1S/C16H12Br2O2S/c17-13-5-10(8-19)6-14(18)16(13)20-9-12-7-11-3-1-2-4-15(11)21-12/h1-6,8,12H,7,9H2. The fraction of sp³-hybridized carbons (Fsp3) is 0.188. The van der Waals surface area contributed by atoms with Crippen LogP contribution >= 0.6 is 43.6 Å². The monoisotopic (exact) mass is 426 g/mol. The third kappa shape index (κ3) is 3.35. The first-order valence-electron chi connectivity index (χ1n) is 6.49. The second kappa shape index (κ2) is 6.55. The van der Waals surface area contributed by atoms with E-state index in [2.05, 4.69) is 56.1 Å². The second-order valence-electron chi connectivity index (χ2n) is 4.79. The number of ether oxygens (including phenoxy) is 1. The van der Waals surface area contributed by atoms with E-state index < -0.39 is 0 Å². The molecule has 0 spiro atoms. The van der Waals surface area contributed by atoms with E-state index in [-0.39, 0.29) is 0 Å². The molecule has 1 atom stereocenters. The number of carbonyl (C=O) groups excluding carboxylic acids is 1. The van der Waals surface area contributed by atoms with Gasteiger partial charge in [-0.1, -0.05) is 18.2 Å². The van der Waals surface area contributed by atoms with Crippen molar-refractivity contribution in [3.05, 3.63) is 56.5 Å². The van der Waals surface area contributed by atoms with Gasteiger partial charge in [0.1, 0.15) is 18.6 Å². The van der Waals surface area contributed by atoms with Crippen molar-refractivity contribution in [1.29, 1.82) is 0 Å². The molecule has 0 aliphatic carbocycles. The van der Waals surface area contributed by atoms with Crippen LogP contribution in [0.15, 0.2) is 50.2 Å². The van der Waals surface area contributed by atoms with Gasteiger partial charge in [-0.2, -0.15) is 0 Å². The molecule has 0 amide bonds. The van der Waals surface area contributed by atoms with Crippen molar-refractivity contribution < 1.29 is 9.53 Å². The van der Waals surface area contributed by atoms with E-state index in [9.17, 15) is 4.79 Å². The van der Waals surface area contributed by atoms with E-state index in [0.717, 1.165) is 27.4 Å². The molecule has 3 rings (SSSR count). The number of hydrogen-bond donors (Lipinski definition) is 0. The lowest BCUT2D eigenvalue weighted by Gasteiger charge is -2.14. The van der Waals surface area contributed by atoms with Gasteiger partial charge in [0.2, 0.25) is 0 Å². The Balaban J connectivity index is 1.68. The number of halogens is 2. The number of fused-ring (bicyclic) bond motifs is 1. The third-order valence-electron chi connectivity index (χ3n) is 3.28. The van der Waals surface area contributed by atoms with Crippen LogP contribution in [0.1, 0.15) is 15.9 Å². The molecule has 0 fully saturated rings. The summed E-state index contributed by atoms with van der Waals surface area (Å²) < 4.78 is 7.53. The molecule has 0 N–H and O–H groups in total. The zero-order valence-electron chi connectivity index (χ0n) is 11.0. The molecule has 0 aromatic heterocycles. The Bertz CT molecular complexity index is 640. The summed E-state index contributed by atoms with van der Waals surface area (Å²) in [7, 11) is 0. The van der Waals surface area contributed by atoms with Crippen molar-refractivity contribution in [1.82, 2.24) is 0 Å². The maximum atomic E-state index is 10.8. The summed E-state index contributed by atoms with van der Waals surface area (Å²) in [6.45, 7) is 0.636. The van der Waals surface area contributed by atoms with Gasteiger partial charge in [0.15, 0.2) is 0 Å². The van der Waals surface area contributed by atoms with Crippen molar-refractivity contribution in [2.75, 3.05) is 6.61 Å². The Morgan fingerprint density at radius 3 is 2.62 bits per heavy atom. The van der Waals surface area contributed by atoms with Crippen LogP contribution in [0.3, 0.4) is 0 Å². The average molecular weight is 428 g/mol. The summed E-state index contributed by atoms with van der Waals surface area (Å²) in [6, 6.07) is 12.0. The quantitative estimate of drug-likeness (QED) is 0.633. The molecule has 2 aromatic carbocycles. The van der Waals surface area contributed by atoms with Gasteiger partial charge >= 0.3 is 0 Å². The van der Waals surface area contributed by atoms with Gasteiger partial charge in [-0.15, -0.1) is 11.8 Å². The molecular formula is C16H12Br2O2S. The van der Waals surface area contributed by atoms with Crippen LogP contribution in [-0.2, 0) is 6.42 Å². The lowest BCUT2D eigenvalue weighted by atomic mass is 10.1. The van der Waals surface area contributed by atoms with Gasteiger partial charge in [0.05, 0.1) is 8.95 Å². The van der Waals surface area contributed by atoms with E-state index in [1.54, 1.807) is 12.1 Å². The minimum Gasteiger partial charge on any atom is -0.490 e. The smallest absolute Gasteiger partial charge is 0.150 e. The van der Waals surface area contributed by atoms with Crippen LogP contribution in [0.5, 0.6) is 5.75 Å². The molecule has 1 aliphatic heterocycles. The molecule has 1 unspecified atom stereocenters. The number of hydrogen-bond acceptors (Lipinski definition) is 3. The number of thioether (sulfide) groups is 1. The highest BCUT2D eigenvalue weighted by Gasteiger charge is 2.23. The van der Waals surface area contributed by atoms with Gasteiger partial charge in [0, 0.05) is 15.7 Å². The highest BCUT2D eigenvalue weighted by molar-refractivity contribution is 9.11. The Labute approximate surface area is 144 Å². The van der Waals surface area contributed by atoms with E-state index in [1.165, 1.54) is 10.5 Å². The first kappa shape index (κ1) is 15.1. The van der Waals surface area contributed by atoms with Crippen molar-refractivity contribution in [3.8, 4) is 5.75 Å². The first-order chi connectivity index (χ1) is 10.2. The molecule has 1 aliphatic rings. The van der Waals surface area contributed by atoms with Crippen LogP contribution in [0.2, 0.25) is 0 Å². The number of carbonyl (C=O) groups is 1. The summed E-state index contributed by atoms with van der Waals surface area (Å²) in [5, 5.41) is 0.423. The number of benzene rings is 2. The average Bonchev–Trinajstić information content (AvgIpc) is 2.88. The zero-order chi connectivity index (χ0) is 14.8. The van der Waals surface area contributed by atoms with Crippen molar-refractivity contribution in [3.63, 3.8) is 0 Å². The van der Waals surface area contributed by atoms with Gasteiger partial charge in [0.25, 0.3) is 0 Å². The lowest BCUT2D eigenvalue weighted by Crippen LogP contribution is -2.14. The van der Waals surface area contributed by atoms with E-state index in [1.807, 2.05) is 11.8 Å². The van der Waals surface area contributed by atoms with Gasteiger partial charge in [-0.05, 0) is 62.0 Å². The molecule has 2 aromatic rings. The van der Waals surface area contributed by atoms with Gasteiger partial charge < -0.3 is 4.74 Å². The highest BCUT2D eigenvalue weighted by atomic mass is 79.9. The third-order valence-corrected chi connectivity index (χ3v) is 5.75. The summed E-state index contributed by atoms with van der Waals surface area (Å²) in [6.07, 6.45) is 1.85. The van der Waals surface area contributed by atoms with E-state index in [4.69, 9.17) is 4.74 Å². The fourth-order valence-electron chi connectivity index (χ4n) is 2.31. The maximum absolute atomic E-state index is 10.8. The SMILES string of the molecule is O=Cc1cc(Br)c(OCC2Cc3ccccc3S2)c(Br)c1. The second-order valence-corrected chi connectivity index (χ2v) is 7.85. The zero-order valence-corrected chi connectivity index (χ0v) is 15.0. The summed E-state index contributed by atoms with van der Waals surface area (Å²) in [5.41, 5.74) is 2.01.